The van der Waals surface area contributed by atoms with Gasteiger partial charge in [-0.3, -0.25) is 14.5 Å². The summed E-state index contributed by atoms with van der Waals surface area (Å²) in [4.78, 5) is 30.9. The number of amides is 2. The predicted molar refractivity (Wildman–Crippen MR) is 131 cm³/mol. The number of likely N-dealkylation sites (tertiary alicyclic amines) is 1. The van der Waals surface area contributed by atoms with Crippen molar-refractivity contribution < 1.29 is 9.59 Å². The Morgan fingerprint density at radius 3 is 2.42 bits per heavy atom. The summed E-state index contributed by atoms with van der Waals surface area (Å²) in [6.07, 6.45) is 3.94. The molecular formula is C27H36N4O2. The highest BCUT2D eigenvalue weighted by atomic mass is 16.2. The topological polar surface area (TPSA) is 78.7 Å². The first-order valence-corrected chi connectivity index (χ1v) is 12.1. The first-order valence-electron chi connectivity index (χ1n) is 12.1. The van der Waals surface area contributed by atoms with Gasteiger partial charge in [0.1, 0.15) is 6.04 Å². The predicted octanol–water partition coefficient (Wildman–Crippen LogP) is 3.02. The first-order chi connectivity index (χ1) is 16.0. The normalized spacial score (nSPS) is 20.7. The van der Waals surface area contributed by atoms with Gasteiger partial charge in [0.25, 0.3) is 5.91 Å². The Morgan fingerprint density at radius 1 is 1.03 bits per heavy atom. The molecule has 2 aromatic rings. The summed E-state index contributed by atoms with van der Waals surface area (Å²) in [5.74, 6) is -0.171. The van der Waals surface area contributed by atoms with E-state index in [-0.39, 0.29) is 17.9 Å². The van der Waals surface area contributed by atoms with Crippen LogP contribution >= 0.6 is 0 Å². The van der Waals surface area contributed by atoms with Crippen LogP contribution in [0.25, 0.3) is 0 Å². The van der Waals surface area contributed by atoms with Gasteiger partial charge in [-0.05, 0) is 62.8 Å². The molecule has 2 aliphatic rings. The lowest BCUT2D eigenvalue weighted by Crippen LogP contribution is -2.57. The maximum Gasteiger partial charge on any atom is 0.254 e. The SMILES string of the molecule is Cc1ccc(C(=O)N2CCC(N(Cc3ccccc3C)C3CC3)C[C@@H]2C(=O)NCCN)cc1. The molecule has 2 atom stereocenters. The zero-order valence-corrected chi connectivity index (χ0v) is 19.8. The molecule has 176 valence electrons. The minimum absolute atomic E-state index is 0.0711. The minimum atomic E-state index is -0.484. The van der Waals surface area contributed by atoms with E-state index >= 15 is 0 Å². The molecule has 2 aromatic carbocycles. The monoisotopic (exact) mass is 448 g/mol. The smallest absolute Gasteiger partial charge is 0.254 e. The van der Waals surface area contributed by atoms with E-state index in [2.05, 4.69) is 41.4 Å². The van der Waals surface area contributed by atoms with Crippen LogP contribution in [0.15, 0.2) is 48.5 Å². The van der Waals surface area contributed by atoms with Crippen molar-refractivity contribution in [2.45, 2.75) is 64.2 Å². The third-order valence-electron chi connectivity index (χ3n) is 6.98. The van der Waals surface area contributed by atoms with E-state index in [9.17, 15) is 9.59 Å². The Labute approximate surface area is 197 Å². The Balaban J connectivity index is 1.54. The summed E-state index contributed by atoms with van der Waals surface area (Å²) in [5.41, 5.74) is 10.0. The number of hydrogen-bond donors (Lipinski definition) is 2. The number of carbonyl (C=O) groups is 2. The van der Waals surface area contributed by atoms with Crippen molar-refractivity contribution in [2.75, 3.05) is 19.6 Å². The Bertz CT molecular complexity index is 970. The fourth-order valence-electron chi connectivity index (χ4n) is 4.86. The van der Waals surface area contributed by atoms with Crippen LogP contribution in [0.5, 0.6) is 0 Å². The molecule has 6 nitrogen and oxygen atoms in total. The average molecular weight is 449 g/mol. The lowest BCUT2D eigenvalue weighted by Gasteiger charge is -2.43. The first kappa shape index (κ1) is 23.5. The van der Waals surface area contributed by atoms with Crippen LogP contribution in [-0.4, -0.2) is 59.4 Å². The van der Waals surface area contributed by atoms with Gasteiger partial charge in [-0.25, -0.2) is 0 Å². The number of carbonyl (C=O) groups excluding carboxylic acids is 2. The summed E-state index contributed by atoms with van der Waals surface area (Å²) in [6, 6.07) is 16.5. The van der Waals surface area contributed by atoms with E-state index in [0.717, 1.165) is 18.5 Å². The minimum Gasteiger partial charge on any atom is -0.353 e. The van der Waals surface area contributed by atoms with Crippen LogP contribution in [0.1, 0.15) is 52.7 Å². The lowest BCUT2D eigenvalue weighted by molar-refractivity contribution is -0.127. The maximum absolute atomic E-state index is 13.4. The van der Waals surface area contributed by atoms with Gasteiger partial charge < -0.3 is 16.0 Å². The summed E-state index contributed by atoms with van der Waals surface area (Å²) < 4.78 is 0. The van der Waals surface area contributed by atoms with Crippen molar-refractivity contribution in [1.29, 1.82) is 0 Å². The molecule has 33 heavy (non-hydrogen) atoms. The highest BCUT2D eigenvalue weighted by molar-refractivity contribution is 5.97. The molecule has 1 saturated heterocycles. The molecule has 0 radical (unpaired) electrons. The van der Waals surface area contributed by atoms with Crippen LogP contribution in [0.3, 0.4) is 0 Å². The van der Waals surface area contributed by atoms with Crippen molar-refractivity contribution in [3.8, 4) is 0 Å². The summed E-state index contributed by atoms with van der Waals surface area (Å²) in [5, 5.41) is 2.93. The van der Waals surface area contributed by atoms with Gasteiger partial charge in [-0.1, -0.05) is 42.0 Å². The van der Waals surface area contributed by atoms with Crippen LogP contribution in [0, 0.1) is 13.8 Å². The summed E-state index contributed by atoms with van der Waals surface area (Å²) in [6.45, 7) is 6.44. The van der Waals surface area contributed by atoms with Crippen molar-refractivity contribution in [1.82, 2.24) is 15.1 Å². The van der Waals surface area contributed by atoms with Gasteiger partial charge in [0, 0.05) is 43.8 Å². The van der Waals surface area contributed by atoms with E-state index in [1.165, 1.54) is 24.0 Å². The van der Waals surface area contributed by atoms with Crippen LogP contribution in [-0.2, 0) is 11.3 Å². The lowest BCUT2D eigenvalue weighted by atomic mass is 9.93. The van der Waals surface area contributed by atoms with Gasteiger partial charge in [0.2, 0.25) is 5.91 Å². The van der Waals surface area contributed by atoms with Gasteiger partial charge >= 0.3 is 0 Å². The van der Waals surface area contributed by atoms with E-state index in [0.29, 0.717) is 37.7 Å². The molecule has 0 aromatic heterocycles. The fourth-order valence-corrected chi connectivity index (χ4v) is 4.86. The van der Waals surface area contributed by atoms with E-state index in [4.69, 9.17) is 5.73 Å². The number of nitrogens with zero attached hydrogens (tertiary/aromatic N) is 2. The number of nitrogens with two attached hydrogens (primary N) is 1. The molecule has 0 bridgehead atoms. The van der Waals surface area contributed by atoms with Crippen molar-refractivity contribution in [2.24, 2.45) is 5.73 Å². The quantitative estimate of drug-likeness (QED) is 0.651. The number of nitrogens with one attached hydrogen (secondary N) is 1. The molecule has 0 spiro atoms. The Kier molecular flexibility index (Phi) is 7.46. The number of aryl methyl sites for hydroxylation is 2. The maximum atomic E-state index is 13.4. The molecule has 1 aliphatic carbocycles. The largest absolute Gasteiger partial charge is 0.353 e. The van der Waals surface area contributed by atoms with Gasteiger partial charge in [-0.15, -0.1) is 0 Å². The Morgan fingerprint density at radius 2 is 1.76 bits per heavy atom. The summed E-state index contributed by atoms with van der Waals surface area (Å²) in [7, 11) is 0. The average Bonchev–Trinajstić information content (AvgIpc) is 3.67. The molecule has 2 fully saturated rings. The second-order valence-corrected chi connectivity index (χ2v) is 9.47. The molecule has 1 heterocycles. The van der Waals surface area contributed by atoms with Crippen molar-refractivity contribution in [3.05, 3.63) is 70.8 Å². The molecule has 6 heteroatoms. The number of piperidine rings is 1. The third kappa shape index (κ3) is 5.63. The van der Waals surface area contributed by atoms with Gasteiger partial charge in [0.05, 0.1) is 0 Å². The highest BCUT2D eigenvalue weighted by Gasteiger charge is 2.42. The number of rotatable bonds is 8. The zero-order chi connectivity index (χ0) is 23.4. The van der Waals surface area contributed by atoms with E-state index < -0.39 is 6.04 Å². The van der Waals surface area contributed by atoms with E-state index in [1.807, 2.05) is 31.2 Å². The van der Waals surface area contributed by atoms with Gasteiger partial charge in [-0.2, -0.15) is 0 Å². The van der Waals surface area contributed by atoms with Crippen LogP contribution in [0.2, 0.25) is 0 Å². The molecule has 1 unspecified atom stereocenters. The molecule has 1 saturated carbocycles. The molecule has 2 amide bonds. The molecule has 4 rings (SSSR count). The number of hydrogen-bond acceptors (Lipinski definition) is 4. The standard InChI is InChI=1S/C27H36N4O2/c1-19-7-9-21(10-8-19)27(33)30-16-13-24(17-25(30)26(32)29-15-14-28)31(23-11-12-23)18-22-6-4-3-5-20(22)2/h3-10,23-25H,11-18,28H2,1-2H3,(H,29,32)/t24?,25-/m1/s1. The highest BCUT2D eigenvalue weighted by Crippen LogP contribution is 2.35. The second-order valence-electron chi connectivity index (χ2n) is 9.47. The molecule has 3 N–H and O–H groups in total. The zero-order valence-electron chi connectivity index (χ0n) is 19.8. The second kappa shape index (κ2) is 10.5. The van der Waals surface area contributed by atoms with Crippen LogP contribution in [0.4, 0.5) is 0 Å². The van der Waals surface area contributed by atoms with Crippen molar-refractivity contribution >= 4 is 11.8 Å². The van der Waals surface area contributed by atoms with Crippen molar-refractivity contribution in [3.63, 3.8) is 0 Å². The Hall–Kier alpha value is -2.70. The van der Waals surface area contributed by atoms with Gasteiger partial charge in [0.15, 0.2) is 0 Å². The molecule has 1 aliphatic heterocycles. The summed E-state index contributed by atoms with van der Waals surface area (Å²) >= 11 is 0. The fraction of sp³-hybridized carbons (Fsp3) is 0.481. The molecular weight excluding hydrogens is 412 g/mol. The third-order valence-corrected chi connectivity index (χ3v) is 6.98. The van der Waals surface area contributed by atoms with Crippen LogP contribution < -0.4 is 11.1 Å². The number of benzene rings is 2. The van der Waals surface area contributed by atoms with E-state index in [1.54, 1.807) is 4.90 Å².